The van der Waals surface area contributed by atoms with Gasteiger partial charge in [-0.1, -0.05) is 152 Å². The minimum Gasteiger partial charge on any atom is -0.465 e. The minimum absolute atomic E-state index is 0.261. The van der Waals surface area contributed by atoms with E-state index < -0.39 is 11.9 Å². The summed E-state index contributed by atoms with van der Waals surface area (Å²) >= 11 is 0. The van der Waals surface area contributed by atoms with Crippen LogP contribution in [0.2, 0.25) is 0 Å². The number of benzene rings is 8. The van der Waals surface area contributed by atoms with E-state index in [-0.39, 0.29) is 11.1 Å². The van der Waals surface area contributed by atoms with Crippen molar-refractivity contribution in [3.8, 4) is 55.6 Å². The van der Waals surface area contributed by atoms with Crippen LogP contribution >= 0.6 is 0 Å². The van der Waals surface area contributed by atoms with Crippen molar-refractivity contribution < 1.29 is 19.1 Å². The van der Waals surface area contributed by atoms with Gasteiger partial charge in [0.15, 0.2) is 0 Å². The van der Waals surface area contributed by atoms with Crippen LogP contribution in [0.5, 0.6) is 0 Å². The number of esters is 2. The lowest BCUT2D eigenvalue weighted by Crippen LogP contribution is -2.11. The maximum absolute atomic E-state index is 13.4. The summed E-state index contributed by atoms with van der Waals surface area (Å²) in [4.78, 5) is 29.0. The molecular formula is C52H39NO4. The Balaban J connectivity index is 1.24. The van der Waals surface area contributed by atoms with E-state index in [2.05, 4.69) is 89.8 Å². The first kappa shape index (κ1) is 36.5. The molecule has 8 aromatic rings. The first-order chi connectivity index (χ1) is 28.0. The molecule has 8 rings (SSSR count). The third-order valence-corrected chi connectivity index (χ3v) is 10.2. The van der Waals surface area contributed by atoms with Gasteiger partial charge < -0.3 is 14.4 Å². The van der Waals surface area contributed by atoms with E-state index in [9.17, 15) is 9.59 Å². The van der Waals surface area contributed by atoms with E-state index in [1.165, 1.54) is 14.2 Å². The molecule has 0 heterocycles. The molecule has 0 atom stereocenters. The van der Waals surface area contributed by atoms with Gasteiger partial charge in [0.05, 0.1) is 25.3 Å². The average molecular weight is 742 g/mol. The summed E-state index contributed by atoms with van der Waals surface area (Å²) in [6.07, 6.45) is 0. The number of carbonyl (C=O) groups is 2. The number of ether oxygens (including phenoxy) is 2. The fourth-order valence-corrected chi connectivity index (χ4v) is 7.31. The molecule has 0 bridgehead atoms. The molecule has 0 amide bonds. The summed E-state index contributed by atoms with van der Waals surface area (Å²) in [5.74, 6) is -1.10. The zero-order valence-electron chi connectivity index (χ0n) is 31.6. The van der Waals surface area contributed by atoms with Crippen LogP contribution in [0.4, 0.5) is 17.1 Å². The van der Waals surface area contributed by atoms with Crippen molar-refractivity contribution in [1.82, 2.24) is 0 Å². The molecule has 0 fully saturated rings. The second-order valence-electron chi connectivity index (χ2n) is 13.5. The molecule has 0 radical (unpaired) electrons. The molecule has 0 saturated heterocycles. The van der Waals surface area contributed by atoms with Crippen LogP contribution in [-0.2, 0) is 9.47 Å². The Morgan fingerprint density at radius 3 is 1.11 bits per heavy atom. The van der Waals surface area contributed by atoms with Crippen molar-refractivity contribution in [2.24, 2.45) is 0 Å². The normalized spacial score (nSPS) is 10.8. The number of hydrogen-bond donors (Lipinski definition) is 0. The van der Waals surface area contributed by atoms with Gasteiger partial charge in [-0.25, -0.2) is 9.59 Å². The van der Waals surface area contributed by atoms with Gasteiger partial charge in [0.2, 0.25) is 0 Å². The van der Waals surface area contributed by atoms with Gasteiger partial charge in [-0.2, -0.15) is 0 Å². The van der Waals surface area contributed by atoms with E-state index in [0.717, 1.165) is 61.6 Å². The quantitative estimate of drug-likeness (QED) is 0.131. The molecule has 0 aromatic heterocycles. The Labute approximate surface area is 333 Å². The molecule has 5 nitrogen and oxygen atoms in total. The van der Waals surface area contributed by atoms with Crippen LogP contribution in [-0.4, -0.2) is 26.2 Å². The average Bonchev–Trinajstić information content (AvgIpc) is 3.29. The second kappa shape index (κ2) is 16.5. The highest BCUT2D eigenvalue weighted by Crippen LogP contribution is 2.41. The molecule has 0 unspecified atom stereocenters. The number of hydrogen-bond acceptors (Lipinski definition) is 5. The van der Waals surface area contributed by atoms with Crippen molar-refractivity contribution >= 4 is 29.0 Å². The number of anilines is 3. The SMILES string of the molecule is COC(=O)c1cc(C(=O)OC)c(-c2ccccc2-c2ccccc2)cc1-c1ccc(N(c2ccc(-c3ccccc3)cc2)c2ccc(-c3ccccc3)cc2)cc1. The molecule has 276 valence electrons. The predicted octanol–water partition coefficient (Wildman–Crippen LogP) is 13.1. The third kappa shape index (κ3) is 7.60. The predicted molar refractivity (Wildman–Crippen MR) is 231 cm³/mol. The zero-order valence-corrected chi connectivity index (χ0v) is 31.6. The van der Waals surface area contributed by atoms with Crippen LogP contribution in [0.3, 0.4) is 0 Å². The maximum Gasteiger partial charge on any atom is 0.338 e. The molecule has 0 aliphatic rings. The zero-order chi connectivity index (χ0) is 39.1. The van der Waals surface area contributed by atoms with E-state index in [0.29, 0.717) is 11.1 Å². The Kier molecular flexibility index (Phi) is 10.5. The van der Waals surface area contributed by atoms with Crippen molar-refractivity contribution in [2.45, 2.75) is 0 Å². The summed E-state index contributed by atoms with van der Waals surface area (Å²) in [5, 5.41) is 0. The fraction of sp³-hybridized carbons (Fsp3) is 0.0385. The van der Waals surface area contributed by atoms with Gasteiger partial charge in [0.1, 0.15) is 0 Å². The largest absolute Gasteiger partial charge is 0.465 e. The number of carbonyl (C=O) groups excluding carboxylic acids is 2. The Morgan fingerprint density at radius 1 is 0.333 bits per heavy atom. The number of methoxy groups -OCH3 is 2. The number of nitrogens with zero attached hydrogens (tertiary/aromatic N) is 1. The molecular weight excluding hydrogens is 703 g/mol. The molecule has 0 aliphatic carbocycles. The first-order valence-corrected chi connectivity index (χ1v) is 18.7. The minimum atomic E-state index is -0.555. The highest BCUT2D eigenvalue weighted by Gasteiger charge is 2.24. The summed E-state index contributed by atoms with van der Waals surface area (Å²) in [6.45, 7) is 0. The van der Waals surface area contributed by atoms with Gasteiger partial charge in [0.25, 0.3) is 0 Å². The lowest BCUT2D eigenvalue weighted by molar-refractivity contribution is 0.0600. The van der Waals surface area contributed by atoms with Crippen molar-refractivity contribution in [1.29, 1.82) is 0 Å². The van der Waals surface area contributed by atoms with Crippen LogP contribution in [0.25, 0.3) is 55.6 Å². The highest BCUT2D eigenvalue weighted by atomic mass is 16.5. The van der Waals surface area contributed by atoms with E-state index in [4.69, 9.17) is 9.47 Å². The van der Waals surface area contributed by atoms with Crippen LogP contribution in [0.1, 0.15) is 20.7 Å². The molecule has 5 heteroatoms. The van der Waals surface area contributed by atoms with Crippen LogP contribution in [0.15, 0.2) is 200 Å². The fourth-order valence-electron chi connectivity index (χ4n) is 7.31. The Hall–Kier alpha value is -7.50. The topological polar surface area (TPSA) is 55.8 Å². The molecule has 0 saturated carbocycles. The lowest BCUT2D eigenvalue weighted by atomic mass is 9.87. The first-order valence-electron chi connectivity index (χ1n) is 18.7. The van der Waals surface area contributed by atoms with E-state index in [1.54, 1.807) is 6.07 Å². The summed E-state index contributed by atoms with van der Waals surface area (Å²) in [5.41, 5.74) is 12.8. The highest BCUT2D eigenvalue weighted by molar-refractivity contribution is 6.06. The van der Waals surface area contributed by atoms with Crippen molar-refractivity contribution in [2.75, 3.05) is 19.1 Å². The van der Waals surface area contributed by atoms with Gasteiger partial charge >= 0.3 is 11.9 Å². The summed E-state index contributed by atoms with van der Waals surface area (Å²) in [7, 11) is 2.69. The summed E-state index contributed by atoms with van der Waals surface area (Å²) < 4.78 is 10.5. The van der Waals surface area contributed by atoms with Crippen LogP contribution < -0.4 is 4.90 Å². The molecule has 0 aliphatic heterocycles. The maximum atomic E-state index is 13.4. The molecule has 0 N–H and O–H groups in total. The van der Waals surface area contributed by atoms with Gasteiger partial charge in [-0.3, -0.25) is 0 Å². The third-order valence-electron chi connectivity index (χ3n) is 10.2. The smallest absolute Gasteiger partial charge is 0.338 e. The Morgan fingerprint density at radius 2 is 0.667 bits per heavy atom. The van der Waals surface area contributed by atoms with Gasteiger partial charge in [-0.15, -0.1) is 0 Å². The van der Waals surface area contributed by atoms with E-state index >= 15 is 0 Å². The standard InChI is InChI=1S/C52H39NO4/c1-56-51(54)49-35-50(52(55)57-2)48(46-21-13-12-20-45(46)40-18-10-5-11-19-40)34-47(49)41-26-32-44(33-27-41)53(42-28-22-38(23-29-42)36-14-6-3-7-15-36)43-30-24-39(25-31-43)37-16-8-4-9-17-37/h3-35H,1-2H3. The molecule has 0 spiro atoms. The van der Waals surface area contributed by atoms with E-state index in [1.807, 2.05) is 109 Å². The second-order valence-corrected chi connectivity index (χ2v) is 13.5. The van der Waals surface area contributed by atoms with Crippen LogP contribution in [0, 0.1) is 0 Å². The van der Waals surface area contributed by atoms with Crippen molar-refractivity contribution in [3.63, 3.8) is 0 Å². The summed E-state index contributed by atoms with van der Waals surface area (Å²) in [6, 6.07) is 67.4. The Bertz CT molecular complexity index is 2560. The molecule has 8 aromatic carbocycles. The number of rotatable bonds is 10. The van der Waals surface area contributed by atoms with Crippen molar-refractivity contribution in [3.05, 3.63) is 211 Å². The molecule has 57 heavy (non-hydrogen) atoms. The van der Waals surface area contributed by atoms with Gasteiger partial charge in [0, 0.05) is 17.1 Å². The van der Waals surface area contributed by atoms with Gasteiger partial charge in [-0.05, 0) is 104 Å². The monoisotopic (exact) mass is 741 g/mol. The lowest BCUT2D eigenvalue weighted by Gasteiger charge is -2.26.